The Labute approximate surface area is 115 Å². The molecule has 0 aromatic heterocycles. The molecule has 17 heavy (non-hydrogen) atoms. The molecule has 1 saturated carbocycles. The van der Waals surface area contributed by atoms with Crippen molar-refractivity contribution in [1.82, 2.24) is 5.32 Å². The maximum Gasteiger partial charge on any atom is 0.134 e. The van der Waals surface area contributed by atoms with Crippen molar-refractivity contribution in [1.29, 1.82) is 0 Å². The highest BCUT2D eigenvalue weighted by Crippen LogP contribution is 2.30. The van der Waals surface area contributed by atoms with E-state index in [0.717, 1.165) is 21.8 Å². The van der Waals surface area contributed by atoms with Gasteiger partial charge in [-0.15, -0.1) is 0 Å². The maximum absolute atomic E-state index is 9.88. The molecule has 2 N–H and O–H groups in total. The number of hydrogen-bond acceptors (Lipinski definition) is 3. The Morgan fingerprint density at radius 1 is 1.47 bits per heavy atom. The van der Waals surface area contributed by atoms with Gasteiger partial charge >= 0.3 is 0 Å². The van der Waals surface area contributed by atoms with Crippen molar-refractivity contribution < 1.29 is 5.11 Å². The van der Waals surface area contributed by atoms with Crippen LogP contribution < -0.4 is 5.32 Å². The Balaban J connectivity index is 1.88. The van der Waals surface area contributed by atoms with Crippen LogP contribution >= 0.6 is 27.7 Å². The lowest BCUT2D eigenvalue weighted by Gasteiger charge is -2.13. The van der Waals surface area contributed by atoms with Crippen LogP contribution in [0.15, 0.2) is 22.7 Å². The highest BCUT2D eigenvalue weighted by molar-refractivity contribution is 9.10. The van der Waals surface area contributed by atoms with Crippen molar-refractivity contribution in [2.45, 2.75) is 37.1 Å². The number of aromatic hydroxyl groups is 1. The quantitative estimate of drug-likeness (QED) is 0.891. The van der Waals surface area contributed by atoms with Crippen LogP contribution in [0.2, 0.25) is 0 Å². The van der Waals surface area contributed by atoms with Gasteiger partial charge in [-0.1, -0.05) is 12.1 Å². The zero-order chi connectivity index (χ0) is 12.3. The normalized spacial score (nSPS) is 24.1. The second kappa shape index (κ2) is 6.12. The number of para-hydroxylation sites is 1. The second-order valence-electron chi connectivity index (χ2n) is 4.50. The molecule has 0 amide bonds. The molecule has 0 spiro atoms. The fourth-order valence-corrected chi connectivity index (χ4v) is 3.50. The summed E-state index contributed by atoms with van der Waals surface area (Å²) in [6, 6.07) is 6.39. The van der Waals surface area contributed by atoms with E-state index in [9.17, 15) is 5.11 Å². The lowest BCUT2D eigenvalue weighted by Crippen LogP contribution is -2.26. The smallest absolute Gasteiger partial charge is 0.134 e. The predicted octanol–water partition coefficient (Wildman–Crippen LogP) is 3.53. The minimum atomic E-state index is 0.361. The standard InChI is InChI=1S/C13H18BrNOS/c1-17-11-6-5-10(7-11)15-8-9-3-2-4-12(14)13(9)16/h2-4,10-11,15-16H,5-8H2,1H3. The van der Waals surface area contributed by atoms with Gasteiger partial charge in [0.05, 0.1) is 4.47 Å². The maximum atomic E-state index is 9.88. The number of rotatable bonds is 4. The van der Waals surface area contributed by atoms with E-state index >= 15 is 0 Å². The van der Waals surface area contributed by atoms with E-state index < -0.39 is 0 Å². The van der Waals surface area contributed by atoms with Gasteiger partial charge < -0.3 is 10.4 Å². The fourth-order valence-electron chi connectivity index (χ4n) is 2.30. The molecule has 1 fully saturated rings. The Hall–Kier alpha value is -0.190. The summed E-state index contributed by atoms with van der Waals surface area (Å²) in [5.41, 5.74) is 0.965. The van der Waals surface area contributed by atoms with Crippen molar-refractivity contribution >= 4 is 27.7 Å². The lowest BCUT2D eigenvalue weighted by atomic mass is 10.2. The van der Waals surface area contributed by atoms with E-state index in [4.69, 9.17) is 0 Å². The summed E-state index contributed by atoms with van der Waals surface area (Å²) in [4.78, 5) is 0. The van der Waals surface area contributed by atoms with Crippen LogP contribution in [-0.4, -0.2) is 22.7 Å². The van der Waals surface area contributed by atoms with E-state index in [0.29, 0.717) is 11.8 Å². The first-order valence-electron chi connectivity index (χ1n) is 5.93. The van der Waals surface area contributed by atoms with Crippen molar-refractivity contribution in [3.8, 4) is 5.75 Å². The largest absolute Gasteiger partial charge is 0.506 e. The Bertz CT molecular complexity index is 386. The van der Waals surface area contributed by atoms with Crippen LogP contribution in [0.3, 0.4) is 0 Å². The van der Waals surface area contributed by atoms with Crippen molar-refractivity contribution in [3.05, 3.63) is 28.2 Å². The Kier molecular flexibility index (Phi) is 4.77. The van der Waals surface area contributed by atoms with E-state index in [2.05, 4.69) is 27.5 Å². The first-order valence-corrected chi connectivity index (χ1v) is 8.01. The van der Waals surface area contributed by atoms with E-state index in [-0.39, 0.29) is 0 Å². The van der Waals surface area contributed by atoms with Gasteiger partial charge in [-0.3, -0.25) is 0 Å². The molecule has 2 unspecified atom stereocenters. The molecular weight excluding hydrogens is 298 g/mol. The number of phenolic OH excluding ortho intramolecular Hbond substituents is 1. The summed E-state index contributed by atoms with van der Waals surface area (Å²) in [7, 11) is 0. The number of phenols is 1. The third-order valence-corrected chi connectivity index (χ3v) is 5.10. The molecule has 94 valence electrons. The van der Waals surface area contributed by atoms with Gasteiger partial charge in [0.25, 0.3) is 0 Å². The molecule has 2 nitrogen and oxygen atoms in total. The summed E-state index contributed by atoms with van der Waals surface area (Å²) < 4.78 is 0.769. The molecule has 0 saturated heterocycles. The average Bonchev–Trinajstić information content (AvgIpc) is 2.79. The van der Waals surface area contributed by atoms with Crippen LogP contribution in [0.5, 0.6) is 5.75 Å². The molecule has 1 aromatic rings. The number of benzene rings is 1. The van der Waals surface area contributed by atoms with Crippen LogP contribution in [0, 0.1) is 0 Å². The molecular formula is C13H18BrNOS. The first-order chi connectivity index (χ1) is 8.20. The van der Waals surface area contributed by atoms with Gasteiger partial charge in [-0.25, -0.2) is 0 Å². The van der Waals surface area contributed by atoms with Crippen molar-refractivity contribution in [3.63, 3.8) is 0 Å². The monoisotopic (exact) mass is 315 g/mol. The average molecular weight is 316 g/mol. The second-order valence-corrected chi connectivity index (χ2v) is 6.49. The van der Waals surface area contributed by atoms with E-state index in [1.54, 1.807) is 0 Å². The summed E-state index contributed by atoms with van der Waals surface area (Å²) >= 11 is 5.31. The Morgan fingerprint density at radius 2 is 2.29 bits per heavy atom. The van der Waals surface area contributed by atoms with Crippen LogP contribution in [0.25, 0.3) is 0 Å². The minimum Gasteiger partial charge on any atom is -0.506 e. The summed E-state index contributed by atoms with van der Waals surface area (Å²) in [5, 5.41) is 14.2. The molecule has 1 aliphatic rings. The van der Waals surface area contributed by atoms with Gasteiger partial charge in [-0.05, 0) is 47.5 Å². The van der Waals surface area contributed by atoms with Crippen LogP contribution in [0.1, 0.15) is 24.8 Å². The van der Waals surface area contributed by atoms with Gasteiger partial charge in [0.1, 0.15) is 5.75 Å². The first kappa shape index (κ1) is 13.2. The molecule has 2 rings (SSSR count). The molecule has 4 heteroatoms. The number of hydrogen-bond donors (Lipinski definition) is 2. The predicted molar refractivity (Wildman–Crippen MR) is 77.6 cm³/mol. The number of halogens is 1. The van der Waals surface area contributed by atoms with Crippen molar-refractivity contribution in [2.24, 2.45) is 0 Å². The number of thioether (sulfide) groups is 1. The molecule has 2 atom stereocenters. The zero-order valence-corrected chi connectivity index (χ0v) is 12.4. The van der Waals surface area contributed by atoms with E-state index in [1.807, 2.05) is 30.0 Å². The molecule has 0 aliphatic heterocycles. The van der Waals surface area contributed by atoms with Gasteiger partial charge in [0, 0.05) is 23.4 Å². The Morgan fingerprint density at radius 3 is 3.00 bits per heavy atom. The number of nitrogens with one attached hydrogen (secondary N) is 1. The topological polar surface area (TPSA) is 32.3 Å². The highest BCUT2D eigenvalue weighted by Gasteiger charge is 2.23. The van der Waals surface area contributed by atoms with Crippen LogP contribution in [0.4, 0.5) is 0 Å². The molecule has 0 radical (unpaired) electrons. The fraction of sp³-hybridized carbons (Fsp3) is 0.538. The minimum absolute atomic E-state index is 0.361. The molecule has 1 aliphatic carbocycles. The summed E-state index contributed by atoms with van der Waals surface area (Å²) in [6.07, 6.45) is 5.99. The van der Waals surface area contributed by atoms with Gasteiger partial charge in [-0.2, -0.15) is 11.8 Å². The zero-order valence-electron chi connectivity index (χ0n) is 9.95. The molecule has 0 bridgehead atoms. The summed E-state index contributed by atoms with van der Waals surface area (Å²) in [5.74, 6) is 0.361. The summed E-state index contributed by atoms with van der Waals surface area (Å²) in [6.45, 7) is 0.747. The SMILES string of the molecule is CSC1CCC(NCc2cccc(Br)c2O)C1. The third-order valence-electron chi connectivity index (χ3n) is 3.37. The van der Waals surface area contributed by atoms with Gasteiger partial charge in [0.2, 0.25) is 0 Å². The highest BCUT2D eigenvalue weighted by atomic mass is 79.9. The van der Waals surface area contributed by atoms with Gasteiger partial charge in [0.15, 0.2) is 0 Å². The molecule has 1 aromatic carbocycles. The van der Waals surface area contributed by atoms with Crippen molar-refractivity contribution in [2.75, 3.05) is 6.26 Å². The lowest BCUT2D eigenvalue weighted by molar-refractivity contribution is 0.453. The van der Waals surface area contributed by atoms with E-state index in [1.165, 1.54) is 19.3 Å². The van der Waals surface area contributed by atoms with Crippen LogP contribution in [-0.2, 0) is 6.54 Å². The molecule has 0 heterocycles. The third kappa shape index (κ3) is 3.39.